The van der Waals surface area contributed by atoms with Gasteiger partial charge in [0.25, 0.3) is 5.91 Å². The third-order valence-electron chi connectivity index (χ3n) is 5.46. The molecule has 0 spiro atoms. The Morgan fingerprint density at radius 2 is 2.04 bits per heavy atom. The Hall–Kier alpha value is -2.19. The van der Waals surface area contributed by atoms with Crippen LogP contribution in [0.2, 0.25) is 0 Å². The van der Waals surface area contributed by atoms with E-state index in [0.717, 1.165) is 62.5 Å². The minimum atomic E-state index is 0.0168. The van der Waals surface area contributed by atoms with Crippen LogP contribution < -0.4 is 15.1 Å². The van der Waals surface area contributed by atoms with Crippen LogP contribution in [0.1, 0.15) is 36.0 Å². The normalized spacial score (nSPS) is 20.9. The molecule has 4 heterocycles. The van der Waals surface area contributed by atoms with Gasteiger partial charge in [-0.25, -0.2) is 9.97 Å². The lowest BCUT2D eigenvalue weighted by atomic mass is 10.0. The number of amides is 1. The molecule has 1 atom stereocenters. The molecule has 2 aromatic rings. The largest absolute Gasteiger partial charge is 0.394 e. The number of hydrogen-bond acceptors (Lipinski definition) is 7. The number of nitrogens with zero attached hydrogens (tertiary/aromatic N) is 4. The van der Waals surface area contributed by atoms with Crippen molar-refractivity contribution in [1.29, 1.82) is 0 Å². The summed E-state index contributed by atoms with van der Waals surface area (Å²) in [5.41, 5.74) is 0.743. The van der Waals surface area contributed by atoms with Gasteiger partial charge in [-0.05, 0) is 37.1 Å². The van der Waals surface area contributed by atoms with Crippen molar-refractivity contribution in [2.24, 2.45) is 0 Å². The van der Waals surface area contributed by atoms with Gasteiger partial charge in [-0.3, -0.25) is 4.79 Å². The van der Waals surface area contributed by atoms with E-state index in [-0.39, 0.29) is 24.6 Å². The van der Waals surface area contributed by atoms with E-state index >= 15 is 0 Å². The highest BCUT2D eigenvalue weighted by Crippen LogP contribution is 2.27. The van der Waals surface area contributed by atoms with Crippen molar-refractivity contribution in [1.82, 2.24) is 15.3 Å². The molecule has 2 fully saturated rings. The highest BCUT2D eigenvalue weighted by atomic mass is 32.1. The fourth-order valence-electron chi connectivity index (χ4n) is 3.91. The molecule has 1 amide bonds. The zero-order valence-electron chi connectivity index (χ0n) is 15.3. The van der Waals surface area contributed by atoms with E-state index in [1.807, 2.05) is 22.9 Å². The Balaban J connectivity index is 1.35. The first-order valence-electron chi connectivity index (χ1n) is 9.52. The van der Waals surface area contributed by atoms with E-state index in [1.165, 1.54) is 11.3 Å². The fourth-order valence-corrected chi connectivity index (χ4v) is 4.55. The van der Waals surface area contributed by atoms with Crippen LogP contribution in [0.15, 0.2) is 29.2 Å². The van der Waals surface area contributed by atoms with Gasteiger partial charge in [0.1, 0.15) is 18.0 Å². The second kappa shape index (κ2) is 8.22. The van der Waals surface area contributed by atoms with E-state index in [9.17, 15) is 9.90 Å². The van der Waals surface area contributed by atoms with Crippen LogP contribution in [0, 0.1) is 0 Å². The zero-order valence-corrected chi connectivity index (χ0v) is 16.1. The van der Waals surface area contributed by atoms with Gasteiger partial charge in [-0.15, -0.1) is 0 Å². The highest BCUT2D eigenvalue weighted by Gasteiger charge is 2.27. The summed E-state index contributed by atoms with van der Waals surface area (Å²) in [6.45, 7) is 2.80. The smallest absolute Gasteiger partial charge is 0.252 e. The van der Waals surface area contributed by atoms with Crippen molar-refractivity contribution in [3.05, 3.63) is 34.8 Å². The van der Waals surface area contributed by atoms with Crippen molar-refractivity contribution >= 4 is 28.9 Å². The van der Waals surface area contributed by atoms with Crippen molar-refractivity contribution in [3.8, 4) is 0 Å². The van der Waals surface area contributed by atoms with Crippen LogP contribution in [-0.4, -0.2) is 59.3 Å². The van der Waals surface area contributed by atoms with Gasteiger partial charge in [0.2, 0.25) is 0 Å². The molecule has 8 heteroatoms. The summed E-state index contributed by atoms with van der Waals surface area (Å²) in [6, 6.07) is 4.24. The van der Waals surface area contributed by atoms with E-state index in [2.05, 4.69) is 25.1 Å². The maximum atomic E-state index is 12.2. The molecule has 2 saturated heterocycles. The van der Waals surface area contributed by atoms with Gasteiger partial charge in [-0.2, -0.15) is 11.3 Å². The van der Waals surface area contributed by atoms with Crippen LogP contribution in [-0.2, 0) is 0 Å². The lowest BCUT2D eigenvalue weighted by Gasteiger charge is -2.33. The molecule has 2 N–H and O–H groups in total. The van der Waals surface area contributed by atoms with Gasteiger partial charge in [-0.1, -0.05) is 0 Å². The lowest BCUT2D eigenvalue weighted by molar-refractivity contribution is 0.0931. The molecule has 2 aliphatic rings. The summed E-state index contributed by atoms with van der Waals surface area (Å²) in [7, 11) is 0. The second-order valence-corrected chi connectivity index (χ2v) is 7.93. The molecule has 0 saturated carbocycles. The maximum Gasteiger partial charge on any atom is 0.252 e. The number of aliphatic hydroxyl groups is 1. The van der Waals surface area contributed by atoms with Crippen LogP contribution in [0.4, 0.5) is 11.6 Å². The molecule has 0 bridgehead atoms. The number of hydrogen-bond donors (Lipinski definition) is 2. The molecule has 0 aromatic carbocycles. The van der Waals surface area contributed by atoms with Crippen LogP contribution >= 0.6 is 11.3 Å². The molecule has 7 nitrogen and oxygen atoms in total. The number of nitrogens with one attached hydrogen (secondary N) is 1. The molecule has 144 valence electrons. The van der Waals surface area contributed by atoms with Crippen molar-refractivity contribution < 1.29 is 9.90 Å². The second-order valence-electron chi connectivity index (χ2n) is 7.15. The number of piperidine rings is 1. The van der Waals surface area contributed by atoms with Gasteiger partial charge in [0, 0.05) is 42.7 Å². The Morgan fingerprint density at radius 1 is 1.22 bits per heavy atom. The summed E-state index contributed by atoms with van der Waals surface area (Å²) >= 11 is 1.54. The SMILES string of the molecule is O=C(NC1CCN(c2cc(N3CCCC3CO)ncn2)CC1)c1ccsc1. The molecule has 1 unspecified atom stereocenters. The molecule has 0 aliphatic carbocycles. The van der Waals surface area contributed by atoms with Crippen LogP contribution in [0.25, 0.3) is 0 Å². The van der Waals surface area contributed by atoms with E-state index in [0.29, 0.717) is 0 Å². The zero-order chi connectivity index (χ0) is 18.6. The van der Waals surface area contributed by atoms with Crippen molar-refractivity contribution in [3.63, 3.8) is 0 Å². The summed E-state index contributed by atoms with van der Waals surface area (Å²) in [5, 5.41) is 16.5. The molecule has 27 heavy (non-hydrogen) atoms. The lowest BCUT2D eigenvalue weighted by Crippen LogP contribution is -2.45. The third kappa shape index (κ3) is 4.06. The summed E-state index contributed by atoms with van der Waals surface area (Å²) < 4.78 is 0. The average Bonchev–Trinajstić information content (AvgIpc) is 3.40. The van der Waals surface area contributed by atoms with Gasteiger partial charge >= 0.3 is 0 Å². The standard InChI is InChI=1S/C19H25N5O2S/c25-11-16-2-1-6-24(16)18-10-17(20-13-21-18)23-7-3-15(4-8-23)22-19(26)14-5-9-27-12-14/h5,9-10,12-13,15-16,25H,1-4,6-8,11H2,(H,22,26). The summed E-state index contributed by atoms with van der Waals surface area (Å²) in [4.78, 5) is 25.5. The molecule has 0 radical (unpaired) electrons. The van der Waals surface area contributed by atoms with E-state index < -0.39 is 0 Å². The minimum absolute atomic E-state index is 0.0168. The van der Waals surface area contributed by atoms with Gasteiger partial charge in [0.05, 0.1) is 12.6 Å². The number of rotatable bonds is 5. The average molecular weight is 388 g/mol. The Morgan fingerprint density at radius 3 is 2.78 bits per heavy atom. The monoisotopic (exact) mass is 387 g/mol. The Labute approximate surface area is 163 Å². The van der Waals surface area contributed by atoms with E-state index in [1.54, 1.807) is 6.33 Å². The molecule has 2 aliphatic heterocycles. The maximum absolute atomic E-state index is 12.2. The summed E-state index contributed by atoms with van der Waals surface area (Å²) in [6.07, 6.45) is 5.50. The number of aliphatic hydroxyl groups excluding tert-OH is 1. The first kappa shape index (κ1) is 18.2. The first-order chi connectivity index (χ1) is 13.2. The topological polar surface area (TPSA) is 81.6 Å². The highest BCUT2D eigenvalue weighted by molar-refractivity contribution is 7.08. The fraction of sp³-hybridized carbons (Fsp3) is 0.526. The predicted octanol–water partition coefficient (Wildman–Crippen LogP) is 1.90. The molecule has 4 rings (SSSR count). The summed E-state index contributed by atoms with van der Waals surface area (Å²) in [5.74, 6) is 1.83. The number of anilines is 2. The first-order valence-corrected chi connectivity index (χ1v) is 10.5. The van der Waals surface area contributed by atoms with Crippen LogP contribution in [0.5, 0.6) is 0 Å². The Kier molecular flexibility index (Phi) is 5.54. The van der Waals surface area contributed by atoms with Crippen molar-refractivity contribution in [2.75, 3.05) is 36.0 Å². The molecular formula is C19H25N5O2S. The number of thiophene rings is 1. The number of aromatic nitrogens is 2. The van der Waals surface area contributed by atoms with E-state index in [4.69, 9.17) is 0 Å². The number of carbonyl (C=O) groups is 1. The molecular weight excluding hydrogens is 362 g/mol. The molecule has 2 aromatic heterocycles. The van der Waals surface area contributed by atoms with Gasteiger partial charge < -0.3 is 20.2 Å². The van der Waals surface area contributed by atoms with Crippen molar-refractivity contribution in [2.45, 2.75) is 37.8 Å². The predicted molar refractivity (Wildman–Crippen MR) is 107 cm³/mol. The third-order valence-corrected chi connectivity index (χ3v) is 6.14. The number of carbonyl (C=O) groups excluding carboxylic acids is 1. The Bertz CT molecular complexity index is 761. The quantitative estimate of drug-likeness (QED) is 0.816. The van der Waals surface area contributed by atoms with Crippen LogP contribution in [0.3, 0.4) is 0 Å². The minimum Gasteiger partial charge on any atom is -0.394 e. The van der Waals surface area contributed by atoms with Gasteiger partial charge in [0.15, 0.2) is 0 Å².